The largest absolute Gasteiger partial charge is 0.481 e. The SMILES string of the molecule is O=C(O)C1CCC(SC2CCC(C(=O)O)C(C(=O)O)C2)CC1C(=O)O. The van der Waals surface area contributed by atoms with Gasteiger partial charge in [-0.25, -0.2) is 0 Å². The molecule has 140 valence electrons. The normalized spacial score (nSPS) is 35.7. The Hall–Kier alpha value is -1.77. The van der Waals surface area contributed by atoms with Crippen LogP contribution in [0.4, 0.5) is 0 Å². The molecule has 6 atom stereocenters. The van der Waals surface area contributed by atoms with E-state index in [1.807, 2.05) is 0 Å². The van der Waals surface area contributed by atoms with Crippen molar-refractivity contribution in [1.29, 1.82) is 0 Å². The summed E-state index contributed by atoms with van der Waals surface area (Å²) in [5.74, 6) is -8.06. The van der Waals surface area contributed by atoms with Gasteiger partial charge in [0, 0.05) is 10.5 Å². The first-order valence-electron chi connectivity index (χ1n) is 8.27. The smallest absolute Gasteiger partial charge is 0.307 e. The highest BCUT2D eigenvalue weighted by atomic mass is 32.2. The van der Waals surface area contributed by atoms with Crippen LogP contribution in [0.25, 0.3) is 0 Å². The second-order valence-corrected chi connectivity index (χ2v) is 8.39. The van der Waals surface area contributed by atoms with Crippen LogP contribution in [0.15, 0.2) is 0 Å². The highest BCUT2D eigenvalue weighted by Crippen LogP contribution is 2.43. The third kappa shape index (κ3) is 4.65. The first kappa shape index (κ1) is 19.6. The summed E-state index contributed by atoms with van der Waals surface area (Å²) in [6, 6.07) is 0. The molecule has 9 heteroatoms. The van der Waals surface area contributed by atoms with E-state index in [1.165, 1.54) is 11.8 Å². The zero-order valence-corrected chi connectivity index (χ0v) is 14.4. The molecule has 0 radical (unpaired) electrons. The summed E-state index contributed by atoms with van der Waals surface area (Å²) < 4.78 is 0. The van der Waals surface area contributed by atoms with Gasteiger partial charge in [-0.05, 0) is 38.5 Å². The zero-order chi connectivity index (χ0) is 18.7. The maximum absolute atomic E-state index is 11.4. The molecule has 0 spiro atoms. The fourth-order valence-electron chi connectivity index (χ4n) is 3.92. The number of hydrogen-bond acceptors (Lipinski definition) is 5. The lowest BCUT2D eigenvalue weighted by atomic mass is 9.78. The molecule has 2 rings (SSSR count). The minimum absolute atomic E-state index is 0.0440. The first-order chi connectivity index (χ1) is 11.7. The Morgan fingerprint density at radius 1 is 0.560 bits per heavy atom. The summed E-state index contributed by atoms with van der Waals surface area (Å²) in [5, 5.41) is 36.8. The molecule has 2 aliphatic carbocycles. The number of rotatable bonds is 6. The molecule has 0 heterocycles. The lowest BCUT2D eigenvalue weighted by Crippen LogP contribution is -2.39. The van der Waals surface area contributed by atoms with Crippen molar-refractivity contribution in [3.05, 3.63) is 0 Å². The van der Waals surface area contributed by atoms with E-state index in [9.17, 15) is 29.4 Å². The Morgan fingerprint density at radius 2 is 0.880 bits per heavy atom. The number of thioether (sulfide) groups is 1. The van der Waals surface area contributed by atoms with Crippen molar-refractivity contribution >= 4 is 35.6 Å². The fourth-order valence-corrected chi connectivity index (χ4v) is 5.65. The van der Waals surface area contributed by atoms with E-state index in [2.05, 4.69) is 0 Å². The average molecular weight is 374 g/mol. The van der Waals surface area contributed by atoms with Crippen LogP contribution in [-0.2, 0) is 19.2 Å². The van der Waals surface area contributed by atoms with Gasteiger partial charge in [0.2, 0.25) is 0 Å². The lowest BCUT2D eigenvalue weighted by molar-refractivity contribution is -0.155. The summed E-state index contributed by atoms with van der Waals surface area (Å²) in [6.07, 6.45) is 2.21. The second-order valence-electron chi connectivity index (χ2n) is 6.79. The van der Waals surface area contributed by atoms with Gasteiger partial charge in [0.25, 0.3) is 0 Å². The van der Waals surface area contributed by atoms with E-state index >= 15 is 0 Å². The number of carboxylic acids is 4. The third-order valence-electron chi connectivity index (χ3n) is 5.26. The summed E-state index contributed by atoms with van der Waals surface area (Å²) in [7, 11) is 0. The molecule has 25 heavy (non-hydrogen) atoms. The van der Waals surface area contributed by atoms with Crippen LogP contribution < -0.4 is 0 Å². The lowest BCUT2D eigenvalue weighted by Gasteiger charge is -2.36. The molecule has 6 unspecified atom stereocenters. The van der Waals surface area contributed by atoms with Gasteiger partial charge >= 0.3 is 23.9 Å². The van der Waals surface area contributed by atoms with Crippen LogP contribution in [0.1, 0.15) is 38.5 Å². The molecule has 0 aliphatic heterocycles. The number of carboxylic acid groups (broad SMARTS) is 4. The van der Waals surface area contributed by atoms with E-state index in [-0.39, 0.29) is 36.2 Å². The molecule has 0 aromatic rings. The Kier molecular flexibility index (Phi) is 6.31. The average Bonchev–Trinajstić information content (AvgIpc) is 2.54. The topological polar surface area (TPSA) is 149 Å². The standard InChI is InChI=1S/C16H22O8S/c17-13(18)9-3-1-7(5-11(9)15(21)22)25-8-2-4-10(14(19)20)12(6-8)16(23)24/h7-12H,1-6H2,(H,17,18)(H,19,20)(H,21,22)(H,23,24). The number of hydrogen-bond donors (Lipinski definition) is 4. The molecule has 2 aliphatic rings. The van der Waals surface area contributed by atoms with Crippen LogP contribution in [0.5, 0.6) is 0 Å². The van der Waals surface area contributed by atoms with E-state index < -0.39 is 47.5 Å². The second kappa shape index (κ2) is 8.07. The van der Waals surface area contributed by atoms with Crippen LogP contribution in [-0.4, -0.2) is 54.8 Å². The van der Waals surface area contributed by atoms with Crippen molar-refractivity contribution in [2.45, 2.75) is 49.0 Å². The Labute approximate surface area is 148 Å². The molecule has 2 saturated carbocycles. The van der Waals surface area contributed by atoms with Crippen LogP contribution in [0.2, 0.25) is 0 Å². The summed E-state index contributed by atoms with van der Waals surface area (Å²) in [4.78, 5) is 45.1. The van der Waals surface area contributed by atoms with Crippen LogP contribution in [0, 0.1) is 23.7 Å². The van der Waals surface area contributed by atoms with Gasteiger partial charge in [0.05, 0.1) is 23.7 Å². The van der Waals surface area contributed by atoms with Gasteiger partial charge in [-0.3, -0.25) is 19.2 Å². The van der Waals surface area contributed by atoms with Crippen molar-refractivity contribution in [2.24, 2.45) is 23.7 Å². The van der Waals surface area contributed by atoms with Crippen LogP contribution in [0.3, 0.4) is 0 Å². The monoisotopic (exact) mass is 374 g/mol. The molecule has 0 aromatic heterocycles. The highest BCUT2D eigenvalue weighted by Gasteiger charge is 2.43. The zero-order valence-electron chi connectivity index (χ0n) is 13.5. The molecule has 0 saturated heterocycles. The molecule has 0 aromatic carbocycles. The Bertz CT molecular complexity index is 514. The van der Waals surface area contributed by atoms with E-state index in [0.717, 1.165) is 0 Å². The summed E-state index contributed by atoms with van der Waals surface area (Å²) in [6.45, 7) is 0. The van der Waals surface area contributed by atoms with Gasteiger partial charge in [-0.15, -0.1) is 0 Å². The molecule has 0 amide bonds. The molecule has 8 nitrogen and oxygen atoms in total. The number of carbonyl (C=O) groups is 4. The maximum Gasteiger partial charge on any atom is 0.307 e. The Morgan fingerprint density at radius 3 is 1.16 bits per heavy atom. The van der Waals surface area contributed by atoms with Gasteiger partial charge in [-0.2, -0.15) is 11.8 Å². The minimum atomic E-state index is -1.12. The maximum atomic E-state index is 11.4. The molecule has 0 bridgehead atoms. The summed E-state index contributed by atoms with van der Waals surface area (Å²) >= 11 is 1.50. The van der Waals surface area contributed by atoms with Crippen molar-refractivity contribution in [3.63, 3.8) is 0 Å². The van der Waals surface area contributed by atoms with Crippen molar-refractivity contribution in [1.82, 2.24) is 0 Å². The van der Waals surface area contributed by atoms with Crippen molar-refractivity contribution in [3.8, 4) is 0 Å². The first-order valence-corrected chi connectivity index (χ1v) is 9.21. The predicted octanol–water partition coefficient (Wildman–Crippen LogP) is 1.63. The van der Waals surface area contributed by atoms with Crippen molar-refractivity contribution < 1.29 is 39.6 Å². The van der Waals surface area contributed by atoms with Crippen molar-refractivity contribution in [2.75, 3.05) is 0 Å². The fraction of sp³-hybridized carbons (Fsp3) is 0.750. The minimum Gasteiger partial charge on any atom is -0.481 e. The molecular weight excluding hydrogens is 352 g/mol. The Balaban J connectivity index is 1.98. The van der Waals surface area contributed by atoms with Gasteiger partial charge < -0.3 is 20.4 Å². The number of aliphatic carboxylic acids is 4. The van der Waals surface area contributed by atoms with E-state index in [1.54, 1.807) is 0 Å². The van der Waals surface area contributed by atoms with E-state index in [4.69, 9.17) is 10.2 Å². The molecule has 2 fully saturated rings. The van der Waals surface area contributed by atoms with E-state index in [0.29, 0.717) is 12.8 Å². The van der Waals surface area contributed by atoms with Crippen LogP contribution >= 0.6 is 11.8 Å². The quantitative estimate of drug-likeness (QED) is 0.544. The third-order valence-corrected chi connectivity index (χ3v) is 6.88. The van der Waals surface area contributed by atoms with Gasteiger partial charge in [0.1, 0.15) is 0 Å². The van der Waals surface area contributed by atoms with Gasteiger partial charge in [-0.1, -0.05) is 0 Å². The summed E-state index contributed by atoms with van der Waals surface area (Å²) in [5.41, 5.74) is 0. The predicted molar refractivity (Wildman–Crippen MR) is 87.4 cm³/mol. The molecule has 4 N–H and O–H groups in total. The van der Waals surface area contributed by atoms with Gasteiger partial charge in [0.15, 0.2) is 0 Å². The molecular formula is C16H22O8S. The highest BCUT2D eigenvalue weighted by molar-refractivity contribution is 8.00.